The number of ether oxygens (including phenoxy) is 1. The number of aryl methyl sites for hydroxylation is 2. The fourth-order valence-electron chi connectivity index (χ4n) is 5.86. The van der Waals surface area contributed by atoms with Crippen molar-refractivity contribution in [2.45, 2.75) is 69.7 Å². The van der Waals surface area contributed by atoms with Crippen molar-refractivity contribution >= 4 is 12.1 Å². The monoisotopic (exact) mass is 489 g/mol. The molecule has 4 rings (SSSR count). The zero-order valence-corrected chi connectivity index (χ0v) is 19.7. The summed E-state index contributed by atoms with van der Waals surface area (Å²) in [7, 11) is 0. The average Bonchev–Trinajstić information content (AvgIpc) is 3.23. The van der Waals surface area contributed by atoms with E-state index < -0.39 is 29.4 Å². The number of hydrogen-bond donors (Lipinski definition) is 1. The number of halogens is 3. The average molecular weight is 490 g/mol. The highest BCUT2D eigenvalue weighted by molar-refractivity contribution is 5.73. The summed E-state index contributed by atoms with van der Waals surface area (Å²) in [5.41, 5.74) is 0.813. The van der Waals surface area contributed by atoms with Crippen LogP contribution in [0.5, 0.6) is 0 Å². The van der Waals surface area contributed by atoms with Crippen LogP contribution in [0.15, 0.2) is 48.5 Å². The van der Waals surface area contributed by atoms with Crippen LogP contribution in [0.25, 0.3) is 0 Å². The fourth-order valence-corrected chi connectivity index (χ4v) is 5.86. The minimum absolute atomic E-state index is 0.136. The molecule has 1 saturated carbocycles. The van der Waals surface area contributed by atoms with Gasteiger partial charge in [0.25, 0.3) is 0 Å². The molecule has 188 valence electrons. The molecule has 5 nitrogen and oxygen atoms in total. The normalized spacial score (nSPS) is 24.2. The number of carboxylic acid groups (broad SMARTS) is 1. The first-order chi connectivity index (χ1) is 16.6. The summed E-state index contributed by atoms with van der Waals surface area (Å²) >= 11 is 0. The number of carbonyl (C=O) groups excluding carboxylic acids is 1. The highest BCUT2D eigenvalue weighted by atomic mass is 19.4. The molecule has 2 aromatic carbocycles. The van der Waals surface area contributed by atoms with Crippen LogP contribution < -0.4 is 0 Å². The molecular formula is C27H30F3NO4. The Bertz CT molecular complexity index is 1090. The summed E-state index contributed by atoms with van der Waals surface area (Å²) in [5.74, 6) is -0.717. The summed E-state index contributed by atoms with van der Waals surface area (Å²) in [6, 6.07) is 12.6. The Kier molecular flexibility index (Phi) is 7.10. The molecule has 1 aliphatic carbocycles. The lowest BCUT2D eigenvalue weighted by molar-refractivity contribution is -0.173. The van der Waals surface area contributed by atoms with Gasteiger partial charge in [0.15, 0.2) is 0 Å². The Morgan fingerprint density at radius 2 is 1.86 bits per heavy atom. The third-order valence-electron chi connectivity index (χ3n) is 7.41. The smallest absolute Gasteiger partial charge is 0.416 e. The van der Waals surface area contributed by atoms with E-state index in [2.05, 4.69) is 6.07 Å². The van der Waals surface area contributed by atoms with Crippen molar-refractivity contribution in [1.29, 1.82) is 0 Å². The number of nitrogens with zero attached hydrogens (tertiary/aromatic N) is 1. The van der Waals surface area contributed by atoms with Crippen LogP contribution in [-0.2, 0) is 28.5 Å². The second kappa shape index (κ2) is 9.91. The van der Waals surface area contributed by atoms with Crippen molar-refractivity contribution in [3.8, 4) is 0 Å². The van der Waals surface area contributed by atoms with E-state index in [0.717, 1.165) is 29.7 Å². The molecular weight excluding hydrogens is 459 g/mol. The first kappa shape index (κ1) is 25.1. The van der Waals surface area contributed by atoms with E-state index in [1.165, 1.54) is 17.0 Å². The third kappa shape index (κ3) is 5.63. The molecule has 8 heteroatoms. The molecule has 35 heavy (non-hydrogen) atoms. The highest BCUT2D eigenvalue weighted by Gasteiger charge is 2.53. The number of benzene rings is 2. The number of esters is 1. The summed E-state index contributed by atoms with van der Waals surface area (Å²) in [6.07, 6.45) is -1.88. The van der Waals surface area contributed by atoms with Crippen LogP contribution in [0, 0.1) is 12.8 Å². The number of hydrogen-bond acceptors (Lipinski definition) is 3. The van der Waals surface area contributed by atoms with Crippen molar-refractivity contribution in [3.63, 3.8) is 0 Å². The van der Waals surface area contributed by atoms with E-state index in [4.69, 9.17) is 4.74 Å². The van der Waals surface area contributed by atoms with Crippen molar-refractivity contribution < 1.29 is 32.6 Å². The summed E-state index contributed by atoms with van der Waals surface area (Å²) in [6.45, 7) is 2.40. The quantitative estimate of drug-likeness (QED) is 0.504. The minimum Gasteiger partial charge on any atom is -0.465 e. The zero-order valence-electron chi connectivity index (χ0n) is 19.7. The predicted octanol–water partition coefficient (Wildman–Crippen LogP) is 6.02. The molecule has 0 spiro atoms. The van der Waals surface area contributed by atoms with Crippen LogP contribution >= 0.6 is 0 Å². The Hall–Kier alpha value is -3.03. The fraction of sp³-hybridized carbons (Fsp3) is 0.481. The first-order valence-corrected chi connectivity index (χ1v) is 12.0. The molecule has 0 radical (unpaired) electrons. The molecule has 2 aromatic rings. The molecule has 3 atom stereocenters. The van der Waals surface area contributed by atoms with Gasteiger partial charge < -0.3 is 14.7 Å². The van der Waals surface area contributed by atoms with Gasteiger partial charge in [-0.3, -0.25) is 4.79 Å². The standard InChI is InChI=1S/C27H30F3NO4/c1-18-5-2-6-19(15-18)10-13-26(12-4-9-23-22(26)11-14-31(23)25(33)34)35-24(32)17-20-7-3-8-21(16-20)27(28,29)30/h2-3,5-8,15-16,22-23H,4,9-14,17H2,1H3,(H,33,34). The SMILES string of the molecule is Cc1cccc(CCC2(OC(=O)Cc3cccc(C(F)(F)F)c3)CCCC3C2CCN3C(=O)O)c1. The van der Waals surface area contributed by atoms with Gasteiger partial charge in [0.2, 0.25) is 0 Å². The first-order valence-electron chi connectivity index (χ1n) is 12.0. The lowest BCUT2D eigenvalue weighted by Gasteiger charge is -2.46. The van der Waals surface area contributed by atoms with Crippen molar-refractivity contribution in [2.75, 3.05) is 6.54 Å². The summed E-state index contributed by atoms with van der Waals surface area (Å²) in [4.78, 5) is 26.3. The van der Waals surface area contributed by atoms with Gasteiger partial charge in [0.1, 0.15) is 5.60 Å². The lowest BCUT2D eigenvalue weighted by Crippen LogP contribution is -2.52. The molecule has 1 saturated heterocycles. The maximum Gasteiger partial charge on any atom is 0.416 e. The molecule has 1 amide bonds. The number of carbonyl (C=O) groups is 2. The van der Waals surface area contributed by atoms with Crippen LogP contribution in [0.1, 0.15) is 54.4 Å². The van der Waals surface area contributed by atoms with Crippen LogP contribution in [-0.4, -0.2) is 40.3 Å². The van der Waals surface area contributed by atoms with Crippen LogP contribution in [0.3, 0.4) is 0 Å². The second-order valence-corrected chi connectivity index (χ2v) is 9.73. The summed E-state index contributed by atoms with van der Waals surface area (Å²) < 4.78 is 45.5. The Morgan fingerprint density at radius 1 is 1.11 bits per heavy atom. The topological polar surface area (TPSA) is 66.8 Å². The largest absolute Gasteiger partial charge is 0.465 e. The molecule has 2 fully saturated rings. The maximum absolute atomic E-state index is 13.1. The molecule has 1 heterocycles. The zero-order chi connectivity index (χ0) is 25.2. The van der Waals surface area contributed by atoms with Crippen LogP contribution in [0.4, 0.5) is 18.0 Å². The highest BCUT2D eigenvalue weighted by Crippen LogP contribution is 2.47. The molecule has 2 aliphatic rings. The number of likely N-dealkylation sites (tertiary alicyclic amines) is 1. The molecule has 0 aromatic heterocycles. The van der Waals surface area contributed by atoms with E-state index in [0.29, 0.717) is 38.6 Å². The van der Waals surface area contributed by atoms with Gasteiger partial charge in [-0.2, -0.15) is 13.2 Å². The lowest BCUT2D eigenvalue weighted by atomic mass is 9.69. The van der Waals surface area contributed by atoms with Gasteiger partial charge in [-0.1, -0.05) is 48.0 Å². The van der Waals surface area contributed by atoms with Crippen molar-refractivity contribution in [1.82, 2.24) is 4.90 Å². The Labute approximate surface area is 202 Å². The molecule has 3 unspecified atom stereocenters. The number of fused-ring (bicyclic) bond motifs is 1. The molecule has 1 aliphatic heterocycles. The Morgan fingerprint density at radius 3 is 2.57 bits per heavy atom. The van der Waals surface area contributed by atoms with Gasteiger partial charge >= 0.3 is 18.2 Å². The van der Waals surface area contributed by atoms with E-state index >= 15 is 0 Å². The van der Waals surface area contributed by atoms with E-state index in [1.807, 2.05) is 25.1 Å². The van der Waals surface area contributed by atoms with E-state index in [9.17, 15) is 27.9 Å². The molecule has 1 N–H and O–H groups in total. The number of rotatable bonds is 6. The maximum atomic E-state index is 13.1. The number of alkyl halides is 3. The number of amides is 1. The van der Waals surface area contributed by atoms with Gasteiger partial charge in [0, 0.05) is 18.5 Å². The van der Waals surface area contributed by atoms with E-state index in [-0.39, 0.29) is 23.9 Å². The third-order valence-corrected chi connectivity index (χ3v) is 7.41. The van der Waals surface area contributed by atoms with Gasteiger partial charge in [-0.25, -0.2) is 4.79 Å². The summed E-state index contributed by atoms with van der Waals surface area (Å²) in [5, 5.41) is 9.66. The van der Waals surface area contributed by atoms with Gasteiger partial charge in [-0.15, -0.1) is 0 Å². The van der Waals surface area contributed by atoms with Gasteiger partial charge in [-0.05, 0) is 62.6 Å². The van der Waals surface area contributed by atoms with Crippen LogP contribution in [0.2, 0.25) is 0 Å². The van der Waals surface area contributed by atoms with Crippen molar-refractivity contribution in [2.24, 2.45) is 5.92 Å². The predicted molar refractivity (Wildman–Crippen MR) is 124 cm³/mol. The molecule has 0 bridgehead atoms. The Balaban J connectivity index is 1.57. The minimum atomic E-state index is -4.49. The van der Waals surface area contributed by atoms with E-state index in [1.54, 1.807) is 0 Å². The van der Waals surface area contributed by atoms with Crippen molar-refractivity contribution in [3.05, 3.63) is 70.8 Å². The second-order valence-electron chi connectivity index (χ2n) is 9.73. The van der Waals surface area contributed by atoms with Gasteiger partial charge in [0.05, 0.1) is 12.0 Å².